The van der Waals surface area contributed by atoms with E-state index in [0.717, 1.165) is 0 Å². The first-order valence-electron chi connectivity index (χ1n) is 12.7. The molecule has 15 nitrogen and oxygen atoms in total. The largest absolute Gasteiger partial charge is 0.510 e. The number of nitrogens with two attached hydrogens (primary N) is 2. The number of carbonyl (C=O) groups excluding carboxylic acids is 3. The van der Waals surface area contributed by atoms with Crippen molar-refractivity contribution in [1.82, 2.24) is 4.90 Å². The van der Waals surface area contributed by atoms with Crippen molar-refractivity contribution in [3.63, 3.8) is 0 Å². The first kappa shape index (κ1) is 33.1. The van der Waals surface area contributed by atoms with Gasteiger partial charge in [-0.2, -0.15) is 8.42 Å². The number of hydrogen-bond acceptors (Lipinski definition) is 12. The Hall–Kier alpha value is -3.41. The van der Waals surface area contributed by atoms with Gasteiger partial charge in [-0.05, 0) is 52.3 Å². The Morgan fingerprint density at radius 2 is 1.64 bits per heavy atom. The Kier molecular flexibility index (Phi) is 8.94. The second kappa shape index (κ2) is 11.3. The molecule has 42 heavy (non-hydrogen) atoms. The Bertz CT molecular complexity index is 1530. The smallest absolute Gasteiger partial charge is 0.394 e. The topological polar surface area (TPSA) is 265 Å². The molecule has 0 saturated heterocycles. The van der Waals surface area contributed by atoms with Crippen LogP contribution in [0.25, 0.3) is 0 Å². The van der Waals surface area contributed by atoms with Gasteiger partial charge in [-0.25, -0.2) is 0 Å². The molecule has 0 heterocycles. The summed E-state index contributed by atoms with van der Waals surface area (Å²) in [5.41, 5.74) is 8.18. The van der Waals surface area contributed by atoms with E-state index >= 15 is 0 Å². The zero-order chi connectivity index (χ0) is 32.2. The van der Waals surface area contributed by atoms with Gasteiger partial charge in [0, 0.05) is 24.6 Å². The summed E-state index contributed by atoms with van der Waals surface area (Å²) in [5.74, 6) is -7.26. The summed E-state index contributed by atoms with van der Waals surface area (Å²) >= 11 is 6.55. The van der Waals surface area contributed by atoms with E-state index in [0.29, 0.717) is 24.3 Å². The number of primary amides is 1. The summed E-state index contributed by atoms with van der Waals surface area (Å²) in [7, 11) is -1.52. The number of allylic oxidation sites excluding steroid dienone is 1. The lowest BCUT2D eigenvalue weighted by molar-refractivity contribution is -0.148. The number of aliphatic hydroxyl groups is 3. The highest BCUT2D eigenvalue weighted by Gasteiger charge is 2.63. The van der Waals surface area contributed by atoms with Crippen LogP contribution in [0.5, 0.6) is 5.75 Å². The summed E-state index contributed by atoms with van der Waals surface area (Å²) in [5, 5.41) is 44.8. The maximum atomic E-state index is 13.8. The molecule has 17 heteroatoms. The monoisotopic (exact) mass is 632 g/mol. The molecule has 232 valence electrons. The summed E-state index contributed by atoms with van der Waals surface area (Å²) in [4.78, 5) is 42.7. The number of amides is 1. The van der Waals surface area contributed by atoms with Crippen LogP contribution in [0.4, 0.5) is 11.4 Å². The number of anilines is 2. The quantitative estimate of drug-likeness (QED) is 0.0953. The van der Waals surface area contributed by atoms with E-state index in [9.17, 15) is 34.8 Å². The number of phenols is 1. The Labute approximate surface area is 246 Å². The number of hydrogen-bond donors (Lipinski definition) is 8. The molecule has 0 radical (unpaired) electrons. The second-order valence-electron chi connectivity index (χ2n) is 10.4. The maximum Gasteiger partial charge on any atom is 0.394 e. The van der Waals surface area contributed by atoms with Crippen LogP contribution in [-0.4, -0.2) is 99.2 Å². The van der Waals surface area contributed by atoms with Crippen LogP contribution in [0.1, 0.15) is 36.2 Å². The third kappa shape index (κ3) is 5.18. The van der Waals surface area contributed by atoms with E-state index in [2.05, 4.69) is 0 Å². The lowest BCUT2D eigenvalue weighted by Crippen LogP contribution is -2.63. The third-order valence-electron chi connectivity index (χ3n) is 7.92. The van der Waals surface area contributed by atoms with Crippen LogP contribution in [0.2, 0.25) is 5.02 Å². The number of carbonyl (C=O) groups is 3. The molecule has 4 atom stereocenters. The lowest BCUT2D eigenvalue weighted by Gasteiger charge is -2.50. The van der Waals surface area contributed by atoms with Crippen LogP contribution in [0.3, 0.4) is 0 Å². The maximum absolute atomic E-state index is 13.8. The van der Waals surface area contributed by atoms with E-state index in [1.807, 2.05) is 18.7 Å². The molecule has 1 amide bonds. The van der Waals surface area contributed by atoms with Crippen molar-refractivity contribution in [3.8, 4) is 5.75 Å². The summed E-state index contributed by atoms with van der Waals surface area (Å²) in [6.45, 7) is 4.87. The van der Waals surface area contributed by atoms with Gasteiger partial charge >= 0.3 is 10.4 Å². The fraction of sp³-hybridized carbons (Fsp3) is 0.480. The normalized spacial score (nSPS) is 25.4. The number of likely N-dealkylation sites (N-methyl/N-ethyl adjacent to an activating group) is 1. The lowest BCUT2D eigenvalue weighted by atomic mass is 9.58. The number of nitrogens with zero attached hydrogens (tertiary/aromatic N) is 2. The molecular weight excluding hydrogens is 600 g/mol. The SMILES string of the molecule is CCN(CC)c1c(Cl)c(N)c(O)c2c1CC1CC3C(N(C)C)C(O)=C(C(N)=O)C(=O)C3(O)C(O)=C1C2=O.O=S(=O)(O)O. The number of rotatable bonds is 5. The number of nitrogen functional groups attached to an aromatic ring is 1. The number of benzene rings is 1. The van der Waals surface area contributed by atoms with E-state index in [1.165, 1.54) is 4.90 Å². The molecule has 1 aromatic rings. The van der Waals surface area contributed by atoms with Crippen molar-refractivity contribution in [2.24, 2.45) is 17.6 Å². The van der Waals surface area contributed by atoms with Crippen molar-refractivity contribution in [2.75, 3.05) is 37.8 Å². The van der Waals surface area contributed by atoms with Crippen molar-refractivity contribution < 1.29 is 52.3 Å². The van der Waals surface area contributed by atoms with E-state index in [1.54, 1.807) is 14.1 Å². The number of aromatic hydroxyl groups is 1. The molecule has 0 aliphatic heterocycles. The van der Waals surface area contributed by atoms with Gasteiger partial charge in [-0.3, -0.25) is 28.4 Å². The molecule has 0 aromatic heterocycles. The standard InChI is InChI=1S/C25H31ClN4O7.H2O4S/c1-5-30(6-2)17-10-7-9-8-11-18(29(3)4)21(33)14(24(28)36)23(35)25(11,37)22(34)12(9)19(31)13(10)20(32)16(27)15(17)26;1-5(2,3)4/h9,11,18,32-34,37H,5-8,27H2,1-4H3,(H2,28,36);(H2,1,2,3,4). The van der Waals surface area contributed by atoms with Gasteiger partial charge in [-0.15, -0.1) is 0 Å². The van der Waals surface area contributed by atoms with Gasteiger partial charge in [0.1, 0.15) is 17.1 Å². The van der Waals surface area contributed by atoms with Crippen LogP contribution >= 0.6 is 11.6 Å². The number of Topliss-reactive ketones (excluding diaryl/α,β-unsaturated/α-hetero) is 2. The molecule has 0 saturated carbocycles. The second-order valence-corrected chi connectivity index (χ2v) is 11.6. The predicted molar refractivity (Wildman–Crippen MR) is 151 cm³/mol. The fourth-order valence-corrected chi connectivity index (χ4v) is 6.55. The van der Waals surface area contributed by atoms with Crippen LogP contribution in [0.15, 0.2) is 22.7 Å². The van der Waals surface area contributed by atoms with Gasteiger partial charge in [0.25, 0.3) is 5.91 Å². The van der Waals surface area contributed by atoms with Gasteiger partial charge in [0.2, 0.25) is 5.78 Å². The highest BCUT2D eigenvalue weighted by molar-refractivity contribution is 7.79. The minimum absolute atomic E-state index is 0.00773. The first-order valence-corrected chi connectivity index (χ1v) is 14.4. The highest BCUT2D eigenvalue weighted by Crippen LogP contribution is 2.55. The average molecular weight is 633 g/mol. The summed E-state index contributed by atoms with van der Waals surface area (Å²) < 4.78 is 31.6. The molecule has 10 N–H and O–H groups in total. The number of aliphatic hydroxyl groups excluding tert-OH is 2. The summed E-state index contributed by atoms with van der Waals surface area (Å²) in [6.07, 6.45) is 0.125. The van der Waals surface area contributed by atoms with Crippen molar-refractivity contribution in [2.45, 2.75) is 38.3 Å². The molecule has 4 unspecified atom stereocenters. The van der Waals surface area contributed by atoms with Crippen molar-refractivity contribution in [1.29, 1.82) is 0 Å². The number of halogens is 1. The predicted octanol–water partition coefficient (Wildman–Crippen LogP) is 0.550. The summed E-state index contributed by atoms with van der Waals surface area (Å²) in [6, 6.07) is -1.06. The highest BCUT2D eigenvalue weighted by atomic mass is 35.5. The molecule has 3 aliphatic carbocycles. The average Bonchev–Trinajstić information content (AvgIpc) is 2.85. The molecule has 3 aliphatic rings. The van der Waals surface area contributed by atoms with Crippen molar-refractivity contribution in [3.05, 3.63) is 38.8 Å². The van der Waals surface area contributed by atoms with E-state index in [-0.39, 0.29) is 34.7 Å². The molecule has 4 rings (SSSR count). The third-order valence-corrected chi connectivity index (χ3v) is 8.30. The van der Waals surface area contributed by atoms with Gasteiger partial charge in [-0.1, -0.05) is 11.6 Å². The van der Waals surface area contributed by atoms with Gasteiger partial charge in [0.15, 0.2) is 17.1 Å². The zero-order valence-corrected chi connectivity index (χ0v) is 24.7. The van der Waals surface area contributed by atoms with Crippen LogP contribution < -0.4 is 16.4 Å². The fourth-order valence-electron chi connectivity index (χ4n) is 6.22. The minimum Gasteiger partial charge on any atom is -0.510 e. The zero-order valence-electron chi connectivity index (χ0n) is 23.1. The number of fused-ring (bicyclic) bond motifs is 3. The first-order chi connectivity index (χ1) is 19.2. The van der Waals surface area contributed by atoms with E-state index in [4.69, 9.17) is 40.6 Å². The molecular formula is C25H33ClN4O11S. The van der Waals surface area contributed by atoms with Crippen LogP contribution in [0, 0.1) is 11.8 Å². The number of ketones is 2. The Morgan fingerprint density at radius 1 is 1.12 bits per heavy atom. The van der Waals surface area contributed by atoms with E-state index < -0.39 is 74.2 Å². The molecule has 1 aromatic carbocycles. The Morgan fingerprint density at radius 3 is 2.10 bits per heavy atom. The molecule has 0 spiro atoms. The number of phenolic OH excluding ortho intramolecular Hbond substituents is 1. The van der Waals surface area contributed by atoms with Gasteiger partial charge < -0.3 is 36.8 Å². The van der Waals surface area contributed by atoms with Crippen LogP contribution in [-0.2, 0) is 26.4 Å². The minimum atomic E-state index is -4.67. The molecule has 0 bridgehead atoms. The van der Waals surface area contributed by atoms with Crippen molar-refractivity contribution >= 4 is 50.8 Å². The molecule has 0 fully saturated rings. The Balaban J connectivity index is 0.000000892. The van der Waals surface area contributed by atoms with Gasteiger partial charge in [0.05, 0.1) is 28.0 Å².